The van der Waals surface area contributed by atoms with Gasteiger partial charge in [-0.25, -0.2) is 0 Å². The van der Waals surface area contributed by atoms with Gasteiger partial charge in [-0.1, -0.05) is 18.2 Å². The van der Waals surface area contributed by atoms with E-state index in [0.29, 0.717) is 5.56 Å². The zero-order valence-corrected chi connectivity index (χ0v) is 13.7. The zero-order valence-electron chi connectivity index (χ0n) is 14.7. The Kier molecular flexibility index (Phi) is 6.09. The van der Waals surface area contributed by atoms with E-state index in [1.54, 1.807) is 18.3 Å². The van der Waals surface area contributed by atoms with Gasteiger partial charge in [-0.05, 0) is 18.1 Å². The summed E-state index contributed by atoms with van der Waals surface area (Å²) in [6, 6.07) is 5.95. The summed E-state index contributed by atoms with van der Waals surface area (Å²) in [5, 5.41) is 48.0. The van der Waals surface area contributed by atoms with Crippen LogP contribution in [0.1, 0.15) is 5.56 Å². The molecule has 1 aromatic heterocycles. The molecule has 8 N–H and O–H groups in total. The molecule has 1 aromatic carbocycles. The predicted molar refractivity (Wildman–Crippen MR) is 91.1 cm³/mol. The van der Waals surface area contributed by atoms with Gasteiger partial charge in [0, 0.05) is 17.1 Å². The van der Waals surface area contributed by atoms with Gasteiger partial charge < -0.3 is 36.2 Å². The number of ketones is 2. The number of benzene rings is 1. The van der Waals surface area contributed by atoms with Gasteiger partial charge in [0.25, 0.3) is 0 Å². The number of aromatic amines is 1. The molecule has 1 heterocycles. The summed E-state index contributed by atoms with van der Waals surface area (Å²) in [6.45, 7) is -0.912. The zero-order chi connectivity index (χ0) is 20.1. The normalized spacial score (nSPS) is 18.0. The molecule has 5 atom stereocenters. The van der Waals surface area contributed by atoms with Crippen molar-refractivity contribution in [3.63, 3.8) is 0 Å². The fourth-order valence-electron chi connectivity index (χ4n) is 2.61. The first-order chi connectivity index (χ1) is 12.8. The van der Waals surface area contributed by atoms with Crippen LogP contribution < -0.4 is 5.73 Å². The Morgan fingerprint density at radius 2 is 1.81 bits per heavy atom. The third-order valence-corrected chi connectivity index (χ3v) is 4.18. The van der Waals surface area contributed by atoms with E-state index in [2.05, 4.69) is 4.98 Å². The van der Waals surface area contributed by atoms with Crippen LogP contribution in [0, 0.1) is 0 Å². The molecule has 9 nitrogen and oxygen atoms in total. The topological polar surface area (TPSA) is 177 Å². The molecule has 0 saturated heterocycles. The number of hydrogen-bond acceptors (Lipinski definition) is 8. The Morgan fingerprint density at radius 3 is 2.46 bits per heavy atom. The van der Waals surface area contributed by atoms with Crippen molar-refractivity contribution in [2.24, 2.45) is 5.73 Å². The molecular formula is C17H22N2O7. The van der Waals surface area contributed by atoms with Crippen molar-refractivity contribution >= 4 is 22.5 Å². The first-order valence-corrected chi connectivity index (χ1v) is 7.95. The van der Waals surface area contributed by atoms with Gasteiger partial charge in [0.05, 0.1) is 12.6 Å². The average Bonchev–Trinajstić information content (AvgIpc) is 3.11. The maximum Gasteiger partial charge on any atom is 0.231 e. The van der Waals surface area contributed by atoms with Crippen LogP contribution in [-0.4, -0.2) is 79.1 Å². The van der Waals surface area contributed by atoms with Gasteiger partial charge in [0.15, 0.2) is 0 Å². The molecule has 0 amide bonds. The van der Waals surface area contributed by atoms with E-state index in [-0.39, 0.29) is 6.42 Å². The van der Waals surface area contributed by atoms with Crippen molar-refractivity contribution < 1.29 is 36.5 Å². The number of Topliss-reactive ketones (excluding diaryl/α,β-unsaturated/α-hetero) is 2. The van der Waals surface area contributed by atoms with Gasteiger partial charge in [0.2, 0.25) is 11.6 Å². The first kappa shape index (κ1) is 18.6. The molecule has 2 aromatic rings. The Hall–Kier alpha value is -2.14. The first-order valence-electron chi connectivity index (χ1n) is 8.45. The third-order valence-electron chi connectivity index (χ3n) is 4.18. The highest BCUT2D eigenvalue weighted by Gasteiger charge is 2.38. The molecular weight excluding hydrogens is 344 g/mol. The lowest BCUT2D eigenvalue weighted by Crippen LogP contribution is -2.52. The molecule has 0 bridgehead atoms. The fourth-order valence-corrected chi connectivity index (χ4v) is 2.61. The summed E-state index contributed by atoms with van der Waals surface area (Å²) >= 11 is 0. The quantitative estimate of drug-likeness (QED) is 0.227. The number of aromatic nitrogens is 1. The van der Waals surface area contributed by atoms with Gasteiger partial charge >= 0.3 is 0 Å². The lowest BCUT2D eigenvalue weighted by molar-refractivity contribution is -0.154. The molecule has 26 heavy (non-hydrogen) atoms. The molecule has 0 fully saturated rings. The monoisotopic (exact) mass is 367 g/mol. The minimum atomic E-state index is -2.31. The molecule has 0 radical (unpaired) electrons. The summed E-state index contributed by atoms with van der Waals surface area (Å²) in [7, 11) is 0. The molecule has 0 saturated carbocycles. The fraction of sp³-hybridized carbons (Fsp3) is 0.412. The maximum atomic E-state index is 12.3. The van der Waals surface area contributed by atoms with E-state index >= 15 is 0 Å². The number of carbonyl (C=O) groups excluding carboxylic acids is 2. The number of carbonyl (C=O) groups is 2. The van der Waals surface area contributed by atoms with Gasteiger partial charge in [-0.15, -0.1) is 0 Å². The van der Waals surface area contributed by atoms with E-state index in [1.807, 2.05) is 17.9 Å². The van der Waals surface area contributed by atoms with E-state index < -0.39 is 48.6 Å². The summed E-state index contributed by atoms with van der Waals surface area (Å²) in [5.74, 6) is -2.58. The van der Waals surface area contributed by atoms with Crippen LogP contribution in [0.2, 0.25) is 1.41 Å². The predicted octanol–water partition coefficient (Wildman–Crippen LogP) is -2.39. The van der Waals surface area contributed by atoms with Crippen molar-refractivity contribution in [2.45, 2.75) is 36.9 Å². The lowest BCUT2D eigenvalue weighted by atomic mass is 9.94. The molecule has 0 unspecified atom stereocenters. The second-order valence-corrected chi connectivity index (χ2v) is 6.02. The van der Waals surface area contributed by atoms with Crippen molar-refractivity contribution in [1.82, 2.24) is 4.98 Å². The van der Waals surface area contributed by atoms with E-state index in [4.69, 9.17) is 6.52 Å². The third kappa shape index (κ3) is 4.15. The van der Waals surface area contributed by atoms with Gasteiger partial charge in [0.1, 0.15) is 25.8 Å². The van der Waals surface area contributed by atoms with Crippen LogP contribution in [0.15, 0.2) is 30.5 Å². The molecule has 0 spiro atoms. The standard InChI is InChI=1S/C17H22N2O7/c18-10(5-8-6-19-11-4-2-1-3-9(8)11)13(22)15(24)17(26)16(25)14(23)12(21)7-20/h1-4,6,10,12,14,16-17,19-21,23,25-26H,5,7,18H2/t10-,12+,14+,16-,17+/m0/s1/i/hD. The van der Waals surface area contributed by atoms with Crippen LogP contribution in [0.5, 0.6) is 0 Å². The van der Waals surface area contributed by atoms with Crippen LogP contribution in [0.4, 0.5) is 0 Å². The van der Waals surface area contributed by atoms with Crippen LogP contribution in [-0.2, 0) is 16.0 Å². The van der Waals surface area contributed by atoms with Crippen LogP contribution in [0.3, 0.4) is 0 Å². The molecule has 142 valence electrons. The van der Waals surface area contributed by atoms with Gasteiger partial charge in [-0.2, -0.15) is 0 Å². The van der Waals surface area contributed by atoms with Crippen LogP contribution >= 0.6 is 0 Å². The highest BCUT2D eigenvalue weighted by Crippen LogP contribution is 2.19. The number of nitrogens with one attached hydrogen (secondary N) is 1. The van der Waals surface area contributed by atoms with E-state index in [0.717, 1.165) is 10.9 Å². The number of fused-ring (bicyclic) bond motifs is 1. The van der Waals surface area contributed by atoms with Crippen molar-refractivity contribution in [2.75, 3.05) is 6.61 Å². The van der Waals surface area contributed by atoms with Crippen molar-refractivity contribution in [3.05, 3.63) is 36.0 Å². The van der Waals surface area contributed by atoms with Crippen LogP contribution in [0.25, 0.3) is 10.9 Å². The van der Waals surface area contributed by atoms with Crippen molar-refractivity contribution in [1.29, 1.82) is 0 Å². The highest BCUT2D eigenvalue weighted by atomic mass is 16.4. The number of para-hydroxylation sites is 1. The number of nitrogens with two attached hydrogens (primary N) is 1. The maximum absolute atomic E-state index is 12.3. The Labute approximate surface area is 150 Å². The molecule has 0 aliphatic heterocycles. The number of H-pyrrole nitrogens is 1. The van der Waals surface area contributed by atoms with E-state index in [9.17, 15) is 30.0 Å². The Balaban J connectivity index is 2.12. The SMILES string of the molecule is [2H]N[C@@H](Cc1c[nH]c2ccccc12)C(=O)C(=O)[C@@H](O)[C@@H](O)[C@H](O)[C@H](O)CO. The summed E-state index contributed by atoms with van der Waals surface area (Å²) in [6.07, 6.45) is -6.70. The summed E-state index contributed by atoms with van der Waals surface area (Å²) < 4.78 is 7.33. The molecule has 0 aliphatic rings. The minimum Gasteiger partial charge on any atom is -0.394 e. The van der Waals surface area contributed by atoms with Crippen molar-refractivity contribution in [3.8, 4) is 0 Å². The highest BCUT2D eigenvalue weighted by molar-refractivity contribution is 6.40. The largest absolute Gasteiger partial charge is 0.394 e. The van der Waals surface area contributed by atoms with E-state index in [1.165, 1.54) is 0 Å². The number of aliphatic hydroxyl groups is 5. The molecule has 2 rings (SSSR count). The second kappa shape index (κ2) is 8.49. The molecule has 9 heteroatoms. The summed E-state index contributed by atoms with van der Waals surface area (Å²) in [5.41, 5.74) is 3.44. The van der Waals surface area contributed by atoms with Gasteiger partial charge in [-0.3, -0.25) is 9.59 Å². The minimum absolute atomic E-state index is 0.0251. The Morgan fingerprint density at radius 1 is 1.12 bits per heavy atom. The smallest absolute Gasteiger partial charge is 0.231 e. The Bertz CT molecular complexity index is 796. The average molecular weight is 367 g/mol. The molecule has 0 aliphatic carbocycles. The lowest BCUT2D eigenvalue weighted by Gasteiger charge is -2.25. The second-order valence-electron chi connectivity index (χ2n) is 6.02. The number of aliphatic hydroxyl groups excluding tert-OH is 5. The number of rotatable bonds is 10. The number of hydrogen-bond donors (Lipinski definition) is 7. The summed E-state index contributed by atoms with van der Waals surface area (Å²) in [4.78, 5) is 27.5.